The van der Waals surface area contributed by atoms with Crippen molar-refractivity contribution >= 4 is 22.9 Å². The number of likely N-dealkylation sites (tertiary alicyclic amines) is 1. The van der Waals surface area contributed by atoms with Gasteiger partial charge in [-0.15, -0.1) is 0 Å². The summed E-state index contributed by atoms with van der Waals surface area (Å²) in [5.74, 6) is 0.793. The fourth-order valence-electron chi connectivity index (χ4n) is 4.48. The number of rotatable bonds is 6. The maximum Gasteiger partial charge on any atom is 0.259 e. The first-order chi connectivity index (χ1) is 15.6. The number of piperidine rings is 1. The highest BCUT2D eigenvalue weighted by Gasteiger charge is 2.29. The molecule has 0 radical (unpaired) electrons. The summed E-state index contributed by atoms with van der Waals surface area (Å²) in [6, 6.07) is 11.5. The van der Waals surface area contributed by atoms with Crippen molar-refractivity contribution in [2.24, 2.45) is 5.92 Å². The summed E-state index contributed by atoms with van der Waals surface area (Å²) in [4.78, 5) is 32.3. The summed E-state index contributed by atoms with van der Waals surface area (Å²) in [7, 11) is 0. The first-order valence-electron chi connectivity index (χ1n) is 11.5. The summed E-state index contributed by atoms with van der Waals surface area (Å²) >= 11 is 0. The standard InChI is InChI=1S/C25H28N4O3/c1-16-6-5-13-29(15-16)21(30)11-12-26-24(31)19-14-20(17-9-10-17)27-25-22(19)23(28-32-25)18-7-3-2-4-8-18/h2-4,7-8,14,16-17H,5-6,9-13,15H2,1H3,(H,26,31). The molecule has 1 aliphatic carbocycles. The lowest BCUT2D eigenvalue weighted by atomic mass is 10.00. The molecule has 5 rings (SSSR count). The number of amides is 2. The molecule has 2 aromatic heterocycles. The van der Waals surface area contributed by atoms with E-state index < -0.39 is 0 Å². The van der Waals surface area contributed by atoms with Crippen LogP contribution in [-0.4, -0.2) is 46.5 Å². The van der Waals surface area contributed by atoms with Gasteiger partial charge in [0, 0.05) is 43.2 Å². The molecule has 3 aromatic rings. The van der Waals surface area contributed by atoms with E-state index in [4.69, 9.17) is 4.52 Å². The molecule has 3 heterocycles. The van der Waals surface area contributed by atoms with Crippen LogP contribution in [0, 0.1) is 5.92 Å². The van der Waals surface area contributed by atoms with Crippen molar-refractivity contribution in [3.05, 3.63) is 47.7 Å². The highest BCUT2D eigenvalue weighted by molar-refractivity contribution is 6.09. The highest BCUT2D eigenvalue weighted by Crippen LogP contribution is 2.41. The number of benzene rings is 1. The van der Waals surface area contributed by atoms with Crippen molar-refractivity contribution in [1.82, 2.24) is 20.4 Å². The number of pyridine rings is 1. The molecule has 1 unspecified atom stereocenters. The van der Waals surface area contributed by atoms with Crippen LogP contribution in [0.15, 0.2) is 40.9 Å². The topological polar surface area (TPSA) is 88.3 Å². The molecule has 0 bridgehead atoms. The van der Waals surface area contributed by atoms with Gasteiger partial charge in [0.25, 0.3) is 11.6 Å². The molecule has 1 saturated heterocycles. The van der Waals surface area contributed by atoms with Crippen LogP contribution in [0.3, 0.4) is 0 Å². The van der Waals surface area contributed by atoms with Crippen LogP contribution >= 0.6 is 0 Å². The van der Waals surface area contributed by atoms with Gasteiger partial charge in [-0.25, -0.2) is 4.98 Å². The number of hydrogen-bond acceptors (Lipinski definition) is 5. The first kappa shape index (κ1) is 20.7. The molecule has 166 valence electrons. The van der Waals surface area contributed by atoms with Gasteiger partial charge in [-0.3, -0.25) is 9.59 Å². The average Bonchev–Trinajstić information content (AvgIpc) is 3.58. The number of hydrogen-bond donors (Lipinski definition) is 1. The second kappa shape index (κ2) is 8.73. The Morgan fingerprint density at radius 1 is 1.19 bits per heavy atom. The molecule has 2 amide bonds. The van der Waals surface area contributed by atoms with E-state index in [-0.39, 0.29) is 11.8 Å². The lowest BCUT2D eigenvalue weighted by molar-refractivity contribution is -0.132. The zero-order chi connectivity index (χ0) is 22.1. The first-order valence-corrected chi connectivity index (χ1v) is 11.5. The van der Waals surface area contributed by atoms with Gasteiger partial charge in [0.05, 0.1) is 10.9 Å². The van der Waals surface area contributed by atoms with Crippen LogP contribution in [-0.2, 0) is 4.79 Å². The molecule has 0 spiro atoms. The zero-order valence-corrected chi connectivity index (χ0v) is 18.3. The highest BCUT2D eigenvalue weighted by atomic mass is 16.5. The molecular weight excluding hydrogens is 404 g/mol. The Kier molecular flexibility index (Phi) is 5.64. The van der Waals surface area contributed by atoms with E-state index in [0.29, 0.717) is 47.2 Å². The second-order valence-electron chi connectivity index (χ2n) is 9.04. The number of carbonyl (C=O) groups is 2. The van der Waals surface area contributed by atoms with Crippen molar-refractivity contribution in [2.75, 3.05) is 19.6 Å². The number of nitrogens with zero attached hydrogens (tertiary/aromatic N) is 3. The van der Waals surface area contributed by atoms with Crippen molar-refractivity contribution in [3.8, 4) is 11.3 Å². The van der Waals surface area contributed by atoms with E-state index in [9.17, 15) is 9.59 Å². The summed E-state index contributed by atoms with van der Waals surface area (Å²) in [5.41, 5.74) is 3.25. The summed E-state index contributed by atoms with van der Waals surface area (Å²) < 4.78 is 5.54. The molecule has 7 heteroatoms. The van der Waals surface area contributed by atoms with Crippen molar-refractivity contribution in [3.63, 3.8) is 0 Å². The Balaban J connectivity index is 1.36. The Labute approximate surface area is 187 Å². The molecule has 2 fully saturated rings. The van der Waals surface area contributed by atoms with E-state index in [2.05, 4.69) is 22.4 Å². The minimum atomic E-state index is -0.223. The van der Waals surface area contributed by atoms with E-state index in [1.165, 1.54) is 6.42 Å². The molecule has 1 saturated carbocycles. The average molecular weight is 433 g/mol. The van der Waals surface area contributed by atoms with Gasteiger partial charge in [-0.1, -0.05) is 42.4 Å². The van der Waals surface area contributed by atoms with Gasteiger partial charge in [0.15, 0.2) is 0 Å². The summed E-state index contributed by atoms with van der Waals surface area (Å²) in [6.07, 6.45) is 4.67. The van der Waals surface area contributed by atoms with E-state index in [1.807, 2.05) is 41.3 Å². The second-order valence-corrected chi connectivity index (χ2v) is 9.04. The van der Waals surface area contributed by atoms with Crippen LogP contribution in [0.25, 0.3) is 22.4 Å². The van der Waals surface area contributed by atoms with Crippen LogP contribution < -0.4 is 5.32 Å². The predicted octanol–water partition coefficient (Wildman–Crippen LogP) is 4.15. The van der Waals surface area contributed by atoms with E-state index in [0.717, 1.165) is 43.6 Å². The molecule has 7 nitrogen and oxygen atoms in total. The lowest BCUT2D eigenvalue weighted by Gasteiger charge is -2.31. The quantitative estimate of drug-likeness (QED) is 0.632. The van der Waals surface area contributed by atoms with Crippen molar-refractivity contribution < 1.29 is 14.1 Å². The van der Waals surface area contributed by atoms with Crippen LogP contribution in [0.2, 0.25) is 0 Å². The molecule has 1 aromatic carbocycles. The minimum absolute atomic E-state index is 0.102. The van der Waals surface area contributed by atoms with Crippen molar-refractivity contribution in [1.29, 1.82) is 0 Å². The molecular formula is C25H28N4O3. The van der Waals surface area contributed by atoms with Gasteiger partial charge in [-0.05, 0) is 37.7 Å². The monoisotopic (exact) mass is 432 g/mol. The Bertz CT molecular complexity index is 1140. The van der Waals surface area contributed by atoms with E-state index in [1.54, 1.807) is 0 Å². The molecule has 1 atom stereocenters. The van der Waals surface area contributed by atoms with Gasteiger partial charge < -0.3 is 14.7 Å². The van der Waals surface area contributed by atoms with E-state index >= 15 is 0 Å². The number of nitrogens with one attached hydrogen (secondary N) is 1. The largest absolute Gasteiger partial charge is 0.351 e. The number of carbonyl (C=O) groups excluding carboxylic acids is 2. The minimum Gasteiger partial charge on any atom is -0.351 e. The maximum absolute atomic E-state index is 13.2. The third-order valence-corrected chi connectivity index (χ3v) is 6.39. The number of fused-ring (bicyclic) bond motifs is 1. The Hall–Kier alpha value is -3.22. The molecule has 32 heavy (non-hydrogen) atoms. The zero-order valence-electron chi connectivity index (χ0n) is 18.3. The third kappa shape index (κ3) is 4.24. The smallest absolute Gasteiger partial charge is 0.259 e. The molecule has 1 N–H and O–H groups in total. The SMILES string of the molecule is CC1CCCN(C(=O)CCNC(=O)c2cc(C3CC3)nc3onc(-c4ccccc4)c23)C1. The Morgan fingerprint density at radius 3 is 2.75 bits per heavy atom. The predicted molar refractivity (Wildman–Crippen MR) is 121 cm³/mol. The fraction of sp³-hybridized carbons (Fsp3) is 0.440. The van der Waals surface area contributed by atoms with Gasteiger partial charge in [0.1, 0.15) is 5.69 Å². The summed E-state index contributed by atoms with van der Waals surface area (Å²) in [6.45, 7) is 4.10. The van der Waals surface area contributed by atoms with Crippen LogP contribution in [0.1, 0.15) is 61.0 Å². The summed E-state index contributed by atoms with van der Waals surface area (Å²) in [5, 5.41) is 7.79. The lowest BCUT2D eigenvalue weighted by Crippen LogP contribution is -2.40. The number of aromatic nitrogens is 2. The third-order valence-electron chi connectivity index (χ3n) is 6.39. The Morgan fingerprint density at radius 2 is 2.00 bits per heavy atom. The normalized spacial score (nSPS) is 18.7. The van der Waals surface area contributed by atoms with Crippen molar-refractivity contribution in [2.45, 2.75) is 44.9 Å². The maximum atomic E-state index is 13.2. The fourth-order valence-corrected chi connectivity index (χ4v) is 4.48. The van der Waals surface area contributed by atoms with Gasteiger partial charge >= 0.3 is 0 Å². The van der Waals surface area contributed by atoms with Gasteiger partial charge in [-0.2, -0.15) is 0 Å². The van der Waals surface area contributed by atoms with Gasteiger partial charge in [0.2, 0.25) is 5.91 Å². The molecule has 2 aliphatic rings. The van der Waals surface area contributed by atoms with Crippen LogP contribution in [0.4, 0.5) is 0 Å². The van der Waals surface area contributed by atoms with Crippen LogP contribution in [0.5, 0.6) is 0 Å². The molecule has 1 aliphatic heterocycles.